The normalized spacial score (nSPS) is 24.1. The van der Waals surface area contributed by atoms with Crippen LogP contribution in [0, 0.1) is 5.92 Å². The van der Waals surface area contributed by atoms with Crippen molar-refractivity contribution in [3.05, 3.63) is 35.9 Å². The molecule has 2 aliphatic heterocycles. The fraction of sp³-hybridized carbons (Fsp3) is 0.600. The number of aryl methyl sites for hydroxylation is 1. The molecule has 0 aromatic heterocycles. The van der Waals surface area contributed by atoms with E-state index in [9.17, 15) is 9.59 Å². The fourth-order valence-corrected chi connectivity index (χ4v) is 4.26. The molecule has 0 saturated carbocycles. The standard InChI is InChI=1S/C20H29N3O3/c24-15-5-14-23-18(25)20(22-19(23)26,17-9-12-21-13-10-17)11-4-8-16-6-2-1-3-7-16/h1-3,6-7,17,21,24H,4-5,8-15H2,(H,22,26)/t20-/m0/s1. The van der Waals surface area contributed by atoms with E-state index in [2.05, 4.69) is 22.8 Å². The molecule has 6 nitrogen and oxygen atoms in total. The smallest absolute Gasteiger partial charge is 0.325 e. The van der Waals surface area contributed by atoms with E-state index in [1.807, 2.05) is 18.2 Å². The van der Waals surface area contributed by atoms with E-state index in [1.54, 1.807) is 0 Å². The number of aliphatic hydroxyl groups is 1. The Balaban J connectivity index is 1.74. The molecule has 3 amide bonds. The topological polar surface area (TPSA) is 81.7 Å². The lowest BCUT2D eigenvalue weighted by Gasteiger charge is -2.38. The molecule has 3 N–H and O–H groups in total. The van der Waals surface area contributed by atoms with E-state index in [4.69, 9.17) is 5.11 Å². The van der Waals surface area contributed by atoms with Gasteiger partial charge in [0.2, 0.25) is 0 Å². The maximum atomic E-state index is 13.2. The Morgan fingerprint density at radius 2 is 1.85 bits per heavy atom. The van der Waals surface area contributed by atoms with Crippen LogP contribution in [0.1, 0.15) is 37.7 Å². The lowest BCUT2D eigenvalue weighted by atomic mass is 9.74. The van der Waals surface area contributed by atoms with Crippen molar-refractivity contribution in [3.63, 3.8) is 0 Å². The van der Waals surface area contributed by atoms with Gasteiger partial charge in [0.25, 0.3) is 5.91 Å². The second-order valence-electron chi connectivity index (χ2n) is 7.30. The highest BCUT2D eigenvalue weighted by Gasteiger charge is 2.54. The molecule has 0 unspecified atom stereocenters. The number of carbonyl (C=O) groups excluding carboxylic acids is 2. The van der Waals surface area contributed by atoms with Crippen LogP contribution < -0.4 is 10.6 Å². The van der Waals surface area contributed by atoms with Crippen LogP contribution in [-0.2, 0) is 11.2 Å². The van der Waals surface area contributed by atoms with Gasteiger partial charge in [-0.25, -0.2) is 4.79 Å². The molecule has 26 heavy (non-hydrogen) atoms. The van der Waals surface area contributed by atoms with Gasteiger partial charge in [0.1, 0.15) is 5.54 Å². The fourth-order valence-electron chi connectivity index (χ4n) is 4.26. The molecule has 1 aromatic carbocycles. The summed E-state index contributed by atoms with van der Waals surface area (Å²) in [5.41, 5.74) is 0.463. The number of carbonyl (C=O) groups is 2. The Morgan fingerprint density at radius 3 is 2.54 bits per heavy atom. The zero-order chi connectivity index (χ0) is 18.4. The number of hydrogen-bond donors (Lipinski definition) is 3. The highest BCUT2D eigenvalue weighted by atomic mass is 16.3. The van der Waals surface area contributed by atoms with Gasteiger partial charge in [-0.15, -0.1) is 0 Å². The number of imide groups is 1. The third kappa shape index (κ3) is 3.91. The molecule has 0 spiro atoms. The molecule has 6 heteroatoms. The lowest BCUT2D eigenvalue weighted by molar-refractivity contribution is -0.134. The zero-order valence-corrected chi connectivity index (χ0v) is 15.2. The zero-order valence-electron chi connectivity index (χ0n) is 15.2. The maximum Gasteiger partial charge on any atom is 0.325 e. The van der Waals surface area contributed by atoms with Crippen LogP contribution in [0.5, 0.6) is 0 Å². The molecule has 0 radical (unpaired) electrons. The van der Waals surface area contributed by atoms with Gasteiger partial charge in [0.05, 0.1) is 0 Å². The molecule has 142 valence electrons. The number of nitrogens with one attached hydrogen (secondary N) is 2. The molecular weight excluding hydrogens is 330 g/mol. The van der Waals surface area contributed by atoms with E-state index in [1.165, 1.54) is 10.5 Å². The summed E-state index contributed by atoms with van der Waals surface area (Å²) in [7, 11) is 0. The lowest BCUT2D eigenvalue weighted by Crippen LogP contribution is -2.55. The van der Waals surface area contributed by atoms with Crippen LogP contribution in [-0.4, -0.2) is 53.7 Å². The SMILES string of the molecule is O=C1N[C@@](CCCc2ccccc2)(C2CCNCC2)C(=O)N1CCCO. The van der Waals surface area contributed by atoms with Crippen molar-refractivity contribution in [3.8, 4) is 0 Å². The molecule has 0 bridgehead atoms. The number of hydrogen-bond acceptors (Lipinski definition) is 4. The van der Waals surface area contributed by atoms with Crippen molar-refractivity contribution in [2.75, 3.05) is 26.2 Å². The van der Waals surface area contributed by atoms with Gasteiger partial charge < -0.3 is 15.7 Å². The van der Waals surface area contributed by atoms with Gasteiger partial charge in [-0.1, -0.05) is 30.3 Å². The summed E-state index contributed by atoms with van der Waals surface area (Å²) < 4.78 is 0. The summed E-state index contributed by atoms with van der Waals surface area (Å²) in [4.78, 5) is 27.0. The number of rotatable bonds is 8. The van der Waals surface area contributed by atoms with Crippen molar-refractivity contribution < 1.29 is 14.7 Å². The monoisotopic (exact) mass is 359 g/mol. The van der Waals surface area contributed by atoms with Crippen molar-refractivity contribution >= 4 is 11.9 Å². The summed E-state index contributed by atoms with van der Waals surface area (Å²) in [6.07, 6.45) is 4.62. The molecule has 2 aliphatic rings. The summed E-state index contributed by atoms with van der Waals surface area (Å²) in [6.45, 7) is 2.02. The van der Waals surface area contributed by atoms with Gasteiger partial charge in [0.15, 0.2) is 0 Å². The van der Waals surface area contributed by atoms with Gasteiger partial charge in [-0.3, -0.25) is 9.69 Å². The molecule has 2 saturated heterocycles. The van der Waals surface area contributed by atoms with Gasteiger partial charge in [0, 0.05) is 13.2 Å². The first-order valence-electron chi connectivity index (χ1n) is 9.67. The number of nitrogens with zero attached hydrogens (tertiary/aromatic N) is 1. The predicted octanol–water partition coefficient (Wildman–Crippen LogP) is 1.68. The first-order chi connectivity index (χ1) is 12.7. The van der Waals surface area contributed by atoms with Crippen LogP contribution >= 0.6 is 0 Å². The van der Waals surface area contributed by atoms with Crippen LogP contribution in [0.2, 0.25) is 0 Å². The van der Waals surface area contributed by atoms with Crippen molar-refractivity contribution in [2.45, 2.75) is 44.1 Å². The van der Waals surface area contributed by atoms with Crippen LogP contribution in [0.4, 0.5) is 4.79 Å². The van der Waals surface area contributed by atoms with E-state index < -0.39 is 5.54 Å². The highest BCUT2D eigenvalue weighted by Crippen LogP contribution is 2.36. The maximum absolute atomic E-state index is 13.2. The Labute approximate surface area is 155 Å². The third-order valence-electron chi connectivity index (χ3n) is 5.66. The average molecular weight is 359 g/mol. The first kappa shape index (κ1) is 18.9. The molecule has 0 aliphatic carbocycles. The molecule has 2 heterocycles. The molecule has 1 atom stereocenters. The summed E-state index contributed by atoms with van der Waals surface area (Å²) in [6, 6.07) is 9.94. The highest BCUT2D eigenvalue weighted by molar-refractivity contribution is 6.07. The van der Waals surface area contributed by atoms with E-state index in [0.717, 1.165) is 38.8 Å². The number of urea groups is 1. The number of benzene rings is 1. The number of amides is 3. The van der Waals surface area contributed by atoms with Gasteiger partial charge in [-0.2, -0.15) is 0 Å². The quantitative estimate of drug-likeness (QED) is 0.617. The van der Waals surface area contributed by atoms with Gasteiger partial charge >= 0.3 is 6.03 Å². The second kappa shape index (κ2) is 8.64. The average Bonchev–Trinajstić information content (AvgIpc) is 2.92. The first-order valence-corrected chi connectivity index (χ1v) is 9.67. The summed E-state index contributed by atoms with van der Waals surface area (Å²) in [5, 5.41) is 15.5. The second-order valence-corrected chi connectivity index (χ2v) is 7.30. The van der Waals surface area contributed by atoms with Crippen LogP contribution in [0.3, 0.4) is 0 Å². The minimum absolute atomic E-state index is 0.0224. The minimum Gasteiger partial charge on any atom is -0.396 e. The molecular formula is C20H29N3O3. The van der Waals surface area contributed by atoms with Crippen molar-refractivity contribution in [1.82, 2.24) is 15.5 Å². The largest absolute Gasteiger partial charge is 0.396 e. The van der Waals surface area contributed by atoms with Crippen molar-refractivity contribution in [1.29, 1.82) is 0 Å². The Bertz CT molecular complexity index is 616. The summed E-state index contributed by atoms with van der Waals surface area (Å²) in [5.74, 6) is 0.0611. The molecule has 1 aromatic rings. The predicted molar refractivity (Wildman–Crippen MR) is 99.7 cm³/mol. The number of aliphatic hydroxyl groups excluding tert-OH is 1. The Morgan fingerprint density at radius 1 is 1.12 bits per heavy atom. The minimum atomic E-state index is -0.788. The molecule has 3 rings (SSSR count). The van der Waals surface area contributed by atoms with E-state index >= 15 is 0 Å². The van der Waals surface area contributed by atoms with E-state index in [0.29, 0.717) is 12.8 Å². The Hall–Kier alpha value is -1.92. The van der Waals surface area contributed by atoms with E-state index in [-0.39, 0.29) is 31.0 Å². The number of piperidine rings is 1. The van der Waals surface area contributed by atoms with Crippen LogP contribution in [0.15, 0.2) is 30.3 Å². The van der Waals surface area contributed by atoms with Crippen LogP contribution in [0.25, 0.3) is 0 Å². The Kier molecular flexibility index (Phi) is 6.27. The van der Waals surface area contributed by atoms with Gasteiger partial charge in [-0.05, 0) is 63.1 Å². The molecule has 2 fully saturated rings. The van der Waals surface area contributed by atoms with Crippen molar-refractivity contribution in [2.24, 2.45) is 5.92 Å². The third-order valence-corrected chi connectivity index (χ3v) is 5.66. The summed E-state index contributed by atoms with van der Waals surface area (Å²) >= 11 is 0.